The molecule has 1 aliphatic rings. The van der Waals surface area contributed by atoms with Crippen LogP contribution in [0.4, 0.5) is 4.39 Å². The molecule has 1 saturated carbocycles. The molecule has 1 aliphatic carbocycles. The Morgan fingerprint density at radius 2 is 2.00 bits per heavy atom. The first-order chi connectivity index (χ1) is 5.36. The van der Waals surface area contributed by atoms with Crippen LogP contribution in [0.15, 0.2) is 0 Å². The largest absolute Gasteiger partial charge is 0.347 e. The molecule has 0 amide bonds. The second-order valence-corrected chi connectivity index (χ2v) is 2.95. The zero-order valence-electron chi connectivity index (χ0n) is 6.46. The number of ether oxygens (including phenoxy) is 1. The summed E-state index contributed by atoms with van der Waals surface area (Å²) in [5, 5.41) is 0. The van der Waals surface area contributed by atoms with Crippen molar-refractivity contribution in [1.29, 1.82) is 0 Å². The smallest absolute Gasteiger partial charge is 0.188 e. The van der Waals surface area contributed by atoms with Crippen molar-refractivity contribution in [3.63, 3.8) is 0 Å². The minimum Gasteiger partial charge on any atom is -0.347 e. The highest BCUT2D eigenvalue weighted by molar-refractivity contribution is 5.53. The molecule has 0 unspecified atom stereocenters. The Labute approximate surface area is 65.7 Å². The summed E-state index contributed by atoms with van der Waals surface area (Å²) in [6, 6.07) is 0. The monoisotopic (exact) mass is 160 g/mol. The van der Waals surface area contributed by atoms with E-state index in [-0.39, 0.29) is 12.0 Å². The van der Waals surface area contributed by atoms with E-state index in [1.807, 2.05) is 0 Å². The standard InChI is InChI=1S/C8H13FO2/c9-6-11-8-3-1-7(5-10)2-4-8/h5,7-8H,1-4,6H2. The minimum absolute atomic E-state index is 0.0520. The van der Waals surface area contributed by atoms with Crippen LogP contribution in [0, 0.1) is 5.92 Å². The molecule has 64 valence electrons. The molecule has 0 aromatic heterocycles. The van der Waals surface area contributed by atoms with Gasteiger partial charge in [0, 0.05) is 5.92 Å². The van der Waals surface area contributed by atoms with Gasteiger partial charge in [0.25, 0.3) is 0 Å². The van der Waals surface area contributed by atoms with Gasteiger partial charge in [-0.25, -0.2) is 4.39 Å². The van der Waals surface area contributed by atoms with Gasteiger partial charge in [-0.1, -0.05) is 0 Å². The van der Waals surface area contributed by atoms with Crippen molar-refractivity contribution in [2.24, 2.45) is 5.92 Å². The summed E-state index contributed by atoms with van der Waals surface area (Å²) in [6.45, 7) is -0.698. The highest BCUT2D eigenvalue weighted by Gasteiger charge is 2.20. The second-order valence-electron chi connectivity index (χ2n) is 2.95. The van der Waals surface area contributed by atoms with E-state index in [9.17, 15) is 9.18 Å². The van der Waals surface area contributed by atoms with Gasteiger partial charge in [-0.2, -0.15) is 0 Å². The van der Waals surface area contributed by atoms with Crippen molar-refractivity contribution < 1.29 is 13.9 Å². The molecule has 11 heavy (non-hydrogen) atoms. The first-order valence-corrected chi connectivity index (χ1v) is 3.99. The Morgan fingerprint density at radius 3 is 2.45 bits per heavy atom. The van der Waals surface area contributed by atoms with Crippen LogP contribution in [0.3, 0.4) is 0 Å². The Hall–Kier alpha value is -0.440. The van der Waals surface area contributed by atoms with E-state index in [1.165, 1.54) is 0 Å². The van der Waals surface area contributed by atoms with Crippen molar-refractivity contribution in [2.75, 3.05) is 6.86 Å². The number of hydrogen-bond donors (Lipinski definition) is 0. The normalized spacial score (nSPS) is 31.7. The third-order valence-electron chi connectivity index (χ3n) is 2.21. The van der Waals surface area contributed by atoms with Crippen LogP contribution in [0.25, 0.3) is 0 Å². The molecule has 1 fully saturated rings. The van der Waals surface area contributed by atoms with Crippen molar-refractivity contribution in [3.05, 3.63) is 0 Å². The second kappa shape index (κ2) is 4.44. The first-order valence-electron chi connectivity index (χ1n) is 3.99. The molecule has 0 aromatic rings. The quantitative estimate of drug-likeness (QED) is 0.587. The summed E-state index contributed by atoms with van der Waals surface area (Å²) >= 11 is 0. The number of hydrogen-bond acceptors (Lipinski definition) is 2. The zero-order chi connectivity index (χ0) is 8.10. The molecule has 2 nitrogen and oxygen atoms in total. The van der Waals surface area contributed by atoms with E-state index in [1.54, 1.807) is 0 Å². The number of aldehydes is 1. The van der Waals surface area contributed by atoms with Crippen LogP contribution in [-0.2, 0) is 9.53 Å². The number of rotatable bonds is 3. The summed E-state index contributed by atoms with van der Waals surface area (Å²) in [5.41, 5.74) is 0. The Kier molecular flexibility index (Phi) is 3.49. The molecule has 0 bridgehead atoms. The lowest BCUT2D eigenvalue weighted by atomic mass is 9.88. The molecule has 0 saturated heterocycles. The van der Waals surface area contributed by atoms with Gasteiger partial charge < -0.3 is 9.53 Å². The van der Waals surface area contributed by atoms with Gasteiger partial charge in [0.2, 0.25) is 0 Å². The van der Waals surface area contributed by atoms with Gasteiger partial charge in [0.05, 0.1) is 6.10 Å². The van der Waals surface area contributed by atoms with E-state index < -0.39 is 6.86 Å². The Balaban J connectivity index is 2.18. The summed E-state index contributed by atoms with van der Waals surface area (Å²) in [5.74, 6) is 0.189. The van der Waals surface area contributed by atoms with Crippen LogP contribution in [0.2, 0.25) is 0 Å². The highest BCUT2D eigenvalue weighted by Crippen LogP contribution is 2.24. The molecule has 0 heterocycles. The molecule has 0 N–H and O–H groups in total. The summed E-state index contributed by atoms with van der Waals surface area (Å²) in [6.07, 6.45) is 4.41. The average Bonchev–Trinajstić information content (AvgIpc) is 2.07. The first kappa shape index (κ1) is 8.65. The lowest BCUT2D eigenvalue weighted by molar-refractivity contribution is -0.113. The molecule has 0 atom stereocenters. The van der Waals surface area contributed by atoms with E-state index in [0.717, 1.165) is 32.0 Å². The van der Waals surface area contributed by atoms with Gasteiger partial charge in [0.15, 0.2) is 6.86 Å². The number of carbonyl (C=O) groups excluding carboxylic acids is 1. The van der Waals surface area contributed by atoms with Crippen LogP contribution >= 0.6 is 0 Å². The van der Waals surface area contributed by atoms with Gasteiger partial charge in [-0.05, 0) is 25.7 Å². The predicted molar refractivity (Wildman–Crippen MR) is 38.9 cm³/mol. The SMILES string of the molecule is O=CC1CCC(OCF)CC1. The summed E-state index contributed by atoms with van der Waals surface area (Å²) < 4.78 is 16.5. The maximum Gasteiger partial charge on any atom is 0.188 e. The predicted octanol–water partition coefficient (Wildman–Crippen LogP) is 1.69. The van der Waals surface area contributed by atoms with E-state index in [0.29, 0.717) is 0 Å². The maximum absolute atomic E-state index is 11.7. The Morgan fingerprint density at radius 1 is 1.36 bits per heavy atom. The third kappa shape index (κ3) is 2.58. The Bertz CT molecular complexity index is 119. The van der Waals surface area contributed by atoms with E-state index in [4.69, 9.17) is 4.74 Å². The third-order valence-corrected chi connectivity index (χ3v) is 2.21. The summed E-state index contributed by atoms with van der Waals surface area (Å²) in [4.78, 5) is 10.3. The van der Waals surface area contributed by atoms with E-state index >= 15 is 0 Å². The van der Waals surface area contributed by atoms with Crippen molar-refractivity contribution in [3.8, 4) is 0 Å². The molecular formula is C8H13FO2. The van der Waals surface area contributed by atoms with Crippen LogP contribution in [0.1, 0.15) is 25.7 Å². The van der Waals surface area contributed by atoms with Crippen molar-refractivity contribution >= 4 is 6.29 Å². The van der Waals surface area contributed by atoms with Gasteiger partial charge in [-0.15, -0.1) is 0 Å². The van der Waals surface area contributed by atoms with Crippen LogP contribution in [0.5, 0.6) is 0 Å². The zero-order valence-corrected chi connectivity index (χ0v) is 6.46. The molecule has 0 aliphatic heterocycles. The minimum atomic E-state index is -0.698. The molecule has 3 heteroatoms. The van der Waals surface area contributed by atoms with Gasteiger partial charge in [-0.3, -0.25) is 0 Å². The van der Waals surface area contributed by atoms with Crippen molar-refractivity contribution in [1.82, 2.24) is 0 Å². The maximum atomic E-state index is 11.7. The number of halogens is 1. The van der Waals surface area contributed by atoms with Crippen molar-refractivity contribution in [2.45, 2.75) is 31.8 Å². The fourth-order valence-electron chi connectivity index (χ4n) is 1.48. The van der Waals surface area contributed by atoms with E-state index in [2.05, 4.69) is 0 Å². The lowest BCUT2D eigenvalue weighted by Gasteiger charge is -2.24. The molecule has 1 rings (SSSR count). The van der Waals surface area contributed by atoms with Crippen LogP contribution < -0.4 is 0 Å². The fourth-order valence-corrected chi connectivity index (χ4v) is 1.48. The van der Waals surface area contributed by atoms with Gasteiger partial charge >= 0.3 is 0 Å². The van der Waals surface area contributed by atoms with Crippen LogP contribution in [-0.4, -0.2) is 19.3 Å². The lowest BCUT2D eigenvalue weighted by Crippen LogP contribution is -2.21. The highest BCUT2D eigenvalue weighted by atomic mass is 19.1. The molecule has 0 aromatic carbocycles. The van der Waals surface area contributed by atoms with Gasteiger partial charge in [0.1, 0.15) is 6.29 Å². The average molecular weight is 160 g/mol. The fraction of sp³-hybridized carbons (Fsp3) is 0.875. The molecule has 0 spiro atoms. The topological polar surface area (TPSA) is 26.3 Å². The molecule has 0 radical (unpaired) electrons. The number of alkyl halides is 1. The number of carbonyl (C=O) groups is 1. The molecular weight excluding hydrogens is 147 g/mol. The summed E-state index contributed by atoms with van der Waals surface area (Å²) in [7, 11) is 0.